The number of carbonyl (C=O) groups is 2. The Balaban J connectivity index is 1.56. The van der Waals surface area contributed by atoms with E-state index in [1.165, 1.54) is 11.6 Å². The number of benzene rings is 2. The van der Waals surface area contributed by atoms with Gasteiger partial charge in [0.05, 0.1) is 5.56 Å². The van der Waals surface area contributed by atoms with Crippen LogP contribution >= 0.6 is 0 Å². The highest BCUT2D eigenvalue weighted by atomic mass is 16.3. The molecular weight excluding hydrogens is 380 g/mol. The molecule has 0 bridgehead atoms. The van der Waals surface area contributed by atoms with Gasteiger partial charge >= 0.3 is 6.03 Å². The highest BCUT2D eigenvalue weighted by Gasteiger charge is 2.25. The average molecular weight is 411 g/mol. The fourth-order valence-corrected chi connectivity index (χ4v) is 3.59. The molecule has 3 rings (SSSR count). The number of piperidine rings is 1. The molecule has 0 aromatic heterocycles. The molecular formula is C23H30N4O3. The highest BCUT2D eigenvalue weighted by Crippen LogP contribution is 2.25. The summed E-state index contributed by atoms with van der Waals surface area (Å²) in [6, 6.07) is 12.8. The molecule has 3 amide bonds. The maximum absolute atomic E-state index is 12.9. The summed E-state index contributed by atoms with van der Waals surface area (Å²) in [5, 5.41) is 19.2. The van der Waals surface area contributed by atoms with Crippen molar-refractivity contribution in [1.29, 1.82) is 0 Å². The van der Waals surface area contributed by atoms with E-state index in [9.17, 15) is 14.7 Å². The number of hydrogen-bond donors (Lipinski definition) is 4. The van der Waals surface area contributed by atoms with E-state index in [0.29, 0.717) is 24.8 Å². The molecule has 2 aromatic rings. The monoisotopic (exact) mass is 410 g/mol. The van der Waals surface area contributed by atoms with E-state index < -0.39 is 0 Å². The summed E-state index contributed by atoms with van der Waals surface area (Å²) < 4.78 is 0. The van der Waals surface area contributed by atoms with Crippen LogP contribution in [0.15, 0.2) is 42.5 Å². The number of phenols is 1. The Labute approximate surface area is 177 Å². The van der Waals surface area contributed by atoms with Crippen LogP contribution in [-0.4, -0.2) is 47.1 Å². The molecule has 1 aliphatic heterocycles. The van der Waals surface area contributed by atoms with Crippen LogP contribution in [-0.2, 0) is 0 Å². The van der Waals surface area contributed by atoms with Gasteiger partial charge in [0.15, 0.2) is 0 Å². The van der Waals surface area contributed by atoms with Gasteiger partial charge in [-0.1, -0.05) is 12.1 Å². The first-order valence-corrected chi connectivity index (χ1v) is 10.3. The highest BCUT2D eigenvalue weighted by molar-refractivity contribution is 5.98. The largest absolute Gasteiger partial charge is 0.507 e. The zero-order chi connectivity index (χ0) is 21.7. The van der Waals surface area contributed by atoms with E-state index in [1.807, 2.05) is 19.9 Å². The summed E-state index contributed by atoms with van der Waals surface area (Å²) >= 11 is 0. The first kappa shape index (κ1) is 21.5. The Morgan fingerprint density at radius 1 is 1.07 bits per heavy atom. The number of aromatic hydroxyl groups is 1. The van der Waals surface area contributed by atoms with Crippen molar-refractivity contribution < 1.29 is 14.7 Å². The minimum absolute atomic E-state index is 0.00257. The van der Waals surface area contributed by atoms with Crippen LogP contribution in [0.25, 0.3) is 0 Å². The van der Waals surface area contributed by atoms with E-state index >= 15 is 0 Å². The first-order chi connectivity index (χ1) is 14.3. The number of nitrogens with one attached hydrogen (secondary N) is 3. The quantitative estimate of drug-likeness (QED) is 0.600. The lowest BCUT2D eigenvalue weighted by Gasteiger charge is -2.33. The van der Waals surface area contributed by atoms with Gasteiger partial charge in [-0.25, -0.2) is 4.79 Å². The van der Waals surface area contributed by atoms with Crippen LogP contribution in [0.1, 0.15) is 42.6 Å². The molecule has 1 aliphatic rings. The molecule has 2 aromatic carbocycles. The molecule has 0 spiro atoms. The minimum Gasteiger partial charge on any atom is -0.507 e. The van der Waals surface area contributed by atoms with Gasteiger partial charge < -0.3 is 26.0 Å². The van der Waals surface area contributed by atoms with Crippen LogP contribution in [0.2, 0.25) is 0 Å². The molecule has 4 N–H and O–H groups in total. The van der Waals surface area contributed by atoms with E-state index in [4.69, 9.17) is 0 Å². The Morgan fingerprint density at radius 3 is 2.43 bits per heavy atom. The third-order valence-electron chi connectivity index (χ3n) is 5.08. The Morgan fingerprint density at radius 2 is 1.80 bits per heavy atom. The minimum atomic E-state index is -0.355. The van der Waals surface area contributed by atoms with Crippen molar-refractivity contribution >= 4 is 23.3 Å². The van der Waals surface area contributed by atoms with Crippen LogP contribution < -0.4 is 16.0 Å². The van der Waals surface area contributed by atoms with Crippen molar-refractivity contribution in [2.75, 3.05) is 23.7 Å². The van der Waals surface area contributed by atoms with Crippen molar-refractivity contribution in [3.63, 3.8) is 0 Å². The average Bonchev–Trinajstić information content (AvgIpc) is 2.67. The van der Waals surface area contributed by atoms with Gasteiger partial charge in [-0.2, -0.15) is 0 Å². The zero-order valence-electron chi connectivity index (χ0n) is 17.7. The van der Waals surface area contributed by atoms with Crippen LogP contribution in [0.3, 0.4) is 0 Å². The standard InChI is InChI=1S/C23H30N4O3/c1-15(2)24-23(30)26-19-7-8-20(21(28)14-19)22(29)27-11-9-17(10-12-27)25-18-6-4-5-16(3)13-18/h4-8,13-15,17,25,28H,9-12H2,1-3H3,(H2,24,26,30). The molecule has 30 heavy (non-hydrogen) atoms. The zero-order valence-corrected chi connectivity index (χ0v) is 17.7. The molecule has 7 nitrogen and oxygen atoms in total. The number of amides is 3. The Hall–Kier alpha value is -3.22. The lowest BCUT2D eigenvalue weighted by molar-refractivity contribution is 0.0715. The Bertz CT molecular complexity index is 905. The first-order valence-electron chi connectivity index (χ1n) is 10.3. The number of nitrogens with zero attached hydrogens (tertiary/aromatic N) is 1. The molecule has 0 aliphatic carbocycles. The van der Waals surface area contributed by atoms with E-state index in [-0.39, 0.29) is 29.3 Å². The topological polar surface area (TPSA) is 93.7 Å². The van der Waals surface area contributed by atoms with Crippen molar-refractivity contribution in [3.05, 3.63) is 53.6 Å². The lowest BCUT2D eigenvalue weighted by Crippen LogP contribution is -2.42. The summed E-state index contributed by atoms with van der Waals surface area (Å²) in [7, 11) is 0. The molecule has 0 unspecified atom stereocenters. The molecule has 1 heterocycles. The second kappa shape index (κ2) is 9.52. The van der Waals surface area contributed by atoms with Crippen LogP contribution in [0.5, 0.6) is 5.75 Å². The molecule has 1 fully saturated rings. The van der Waals surface area contributed by atoms with Gasteiger partial charge in [0.2, 0.25) is 0 Å². The molecule has 160 valence electrons. The summed E-state index contributed by atoms with van der Waals surface area (Å²) in [6.07, 6.45) is 1.69. The fourth-order valence-electron chi connectivity index (χ4n) is 3.59. The number of urea groups is 1. The van der Waals surface area contributed by atoms with Crippen molar-refractivity contribution in [3.8, 4) is 5.75 Å². The van der Waals surface area contributed by atoms with Gasteiger partial charge in [-0.3, -0.25) is 4.79 Å². The maximum Gasteiger partial charge on any atom is 0.319 e. The summed E-state index contributed by atoms with van der Waals surface area (Å²) in [4.78, 5) is 26.4. The number of phenolic OH excluding ortho intramolecular Hbond substituents is 1. The Kier molecular flexibility index (Phi) is 6.82. The van der Waals surface area contributed by atoms with Crippen LogP contribution in [0, 0.1) is 6.92 Å². The second-order valence-electron chi connectivity index (χ2n) is 8.07. The molecule has 0 radical (unpaired) electrons. The number of aryl methyl sites for hydroxylation is 1. The third-order valence-corrected chi connectivity index (χ3v) is 5.08. The summed E-state index contributed by atoms with van der Waals surface area (Å²) in [5.74, 6) is -0.331. The third kappa shape index (κ3) is 5.65. The van der Waals surface area contributed by atoms with Gasteiger partial charge in [0.1, 0.15) is 5.75 Å². The van der Waals surface area contributed by atoms with E-state index in [2.05, 4.69) is 41.1 Å². The molecule has 0 saturated carbocycles. The van der Waals surface area contributed by atoms with Gasteiger partial charge in [-0.05, 0) is 63.4 Å². The van der Waals surface area contributed by atoms with Crippen LogP contribution in [0.4, 0.5) is 16.2 Å². The predicted molar refractivity (Wildman–Crippen MR) is 119 cm³/mol. The number of likely N-dealkylation sites (tertiary alicyclic amines) is 1. The normalized spacial score (nSPS) is 14.5. The number of hydrogen-bond acceptors (Lipinski definition) is 4. The number of carbonyl (C=O) groups excluding carboxylic acids is 2. The van der Waals surface area contributed by atoms with E-state index in [1.54, 1.807) is 17.0 Å². The number of rotatable bonds is 5. The number of anilines is 2. The fraction of sp³-hybridized carbons (Fsp3) is 0.391. The van der Waals surface area contributed by atoms with Gasteiger partial charge in [-0.15, -0.1) is 0 Å². The summed E-state index contributed by atoms with van der Waals surface area (Å²) in [6.45, 7) is 7.03. The lowest BCUT2D eigenvalue weighted by atomic mass is 10.0. The van der Waals surface area contributed by atoms with Gasteiger partial charge in [0, 0.05) is 42.6 Å². The maximum atomic E-state index is 12.9. The molecule has 1 saturated heterocycles. The van der Waals surface area contributed by atoms with Gasteiger partial charge in [0.25, 0.3) is 5.91 Å². The smallest absolute Gasteiger partial charge is 0.319 e. The second-order valence-corrected chi connectivity index (χ2v) is 8.07. The van der Waals surface area contributed by atoms with Crippen molar-refractivity contribution in [2.24, 2.45) is 0 Å². The molecule has 7 heteroatoms. The predicted octanol–water partition coefficient (Wildman–Crippen LogP) is 3.95. The SMILES string of the molecule is Cc1cccc(NC2CCN(C(=O)c3ccc(NC(=O)NC(C)C)cc3O)CC2)c1. The molecule has 0 atom stereocenters. The van der Waals surface area contributed by atoms with Crippen molar-refractivity contribution in [1.82, 2.24) is 10.2 Å². The van der Waals surface area contributed by atoms with E-state index in [0.717, 1.165) is 18.5 Å². The van der Waals surface area contributed by atoms with Crippen molar-refractivity contribution in [2.45, 2.75) is 45.7 Å². The summed E-state index contributed by atoms with van der Waals surface area (Å²) in [5.41, 5.74) is 2.99.